The number of ether oxygens (including phenoxy) is 2. The van der Waals surface area contributed by atoms with Crippen molar-refractivity contribution in [2.45, 2.75) is 19.3 Å². The largest absolute Gasteiger partial charge is 0.496 e. The maximum atomic E-state index is 13.7. The number of nitrogens with zero attached hydrogens (tertiary/aromatic N) is 1. The zero-order valence-electron chi connectivity index (χ0n) is 17.7. The zero-order valence-corrected chi connectivity index (χ0v) is 17.7. The molecule has 0 saturated carbocycles. The number of aliphatic hydroxyl groups excluding tert-OH is 2. The standard InChI is InChI=1S/C24H22F2N2O5/c1-32-22-10-21(26)20(25)9-19(22)14-5-7-17(8-6-14)33-13-15-3-2-4-18-23(15)27-28(24(18)31)11-16(30)12-29/h2-10,16,27,29-30H,11-13H2,1H3. The second kappa shape index (κ2) is 9.43. The fraction of sp³-hybridized carbons (Fsp3) is 0.208. The molecule has 9 heteroatoms. The smallest absolute Gasteiger partial charge is 0.274 e. The molecule has 0 saturated heterocycles. The van der Waals surface area contributed by atoms with Gasteiger partial charge in [0.25, 0.3) is 5.56 Å². The molecule has 1 aromatic heterocycles. The highest BCUT2D eigenvalue weighted by Crippen LogP contribution is 2.33. The normalized spacial score (nSPS) is 12.2. The highest BCUT2D eigenvalue weighted by atomic mass is 19.2. The molecule has 7 nitrogen and oxygen atoms in total. The van der Waals surface area contributed by atoms with Gasteiger partial charge in [-0.15, -0.1) is 0 Å². The van der Waals surface area contributed by atoms with Gasteiger partial charge in [0, 0.05) is 17.2 Å². The number of methoxy groups -OCH3 is 1. The first-order valence-corrected chi connectivity index (χ1v) is 10.2. The van der Waals surface area contributed by atoms with Crippen molar-refractivity contribution in [3.8, 4) is 22.6 Å². The molecule has 0 aliphatic heterocycles. The first kappa shape index (κ1) is 22.5. The van der Waals surface area contributed by atoms with Crippen LogP contribution in [-0.2, 0) is 13.2 Å². The van der Waals surface area contributed by atoms with Gasteiger partial charge in [-0.2, -0.15) is 0 Å². The zero-order chi connectivity index (χ0) is 23.5. The minimum Gasteiger partial charge on any atom is -0.496 e. The van der Waals surface area contributed by atoms with Crippen LogP contribution in [0.15, 0.2) is 59.4 Å². The lowest BCUT2D eigenvalue weighted by Crippen LogP contribution is -2.27. The van der Waals surface area contributed by atoms with Gasteiger partial charge in [0.05, 0.1) is 37.3 Å². The van der Waals surface area contributed by atoms with E-state index in [2.05, 4.69) is 5.10 Å². The second-order valence-corrected chi connectivity index (χ2v) is 7.48. The third-order valence-corrected chi connectivity index (χ3v) is 5.28. The average molecular weight is 456 g/mol. The number of aromatic amines is 1. The quantitative estimate of drug-likeness (QED) is 0.378. The molecule has 1 unspecified atom stereocenters. The number of hydrogen-bond acceptors (Lipinski definition) is 5. The number of fused-ring (bicyclic) bond motifs is 1. The topological polar surface area (TPSA) is 96.7 Å². The summed E-state index contributed by atoms with van der Waals surface area (Å²) in [4.78, 5) is 12.5. The minimum absolute atomic E-state index is 0.0563. The Bertz CT molecular complexity index is 1330. The predicted octanol–water partition coefficient (Wildman–Crippen LogP) is 3.22. The van der Waals surface area contributed by atoms with E-state index >= 15 is 0 Å². The maximum Gasteiger partial charge on any atom is 0.274 e. The van der Waals surface area contributed by atoms with Crippen LogP contribution in [0.3, 0.4) is 0 Å². The molecule has 0 bridgehead atoms. The maximum absolute atomic E-state index is 13.7. The van der Waals surface area contributed by atoms with E-state index in [0.717, 1.165) is 17.7 Å². The highest BCUT2D eigenvalue weighted by Gasteiger charge is 2.14. The lowest BCUT2D eigenvalue weighted by molar-refractivity contribution is 0.0776. The van der Waals surface area contributed by atoms with Crippen molar-refractivity contribution in [3.63, 3.8) is 0 Å². The van der Waals surface area contributed by atoms with Crippen molar-refractivity contribution in [2.24, 2.45) is 0 Å². The molecular weight excluding hydrogens is 434 g/mol. The van der Waals surface area contributed by atoms with Crippen molar-refractivity contribution >= 4 is 10.9 Å². The van der Waals surface area contributed by atoms with E-state index in [0.29, 0.717) is 27.8 Å². The van der Waals surface area contributed by atoms with E-state index in [-0.39, 0.29) is 24.5 Å². The molecule has 3 aromatic carbocycles. The van der Waals surface area contributed by atoms with Crippen molar-refractivity contribution in [1.29, 1.82) is 0 Å². The van der Waals surface area contributed by atoms with Crippen LogP contribution >= 0.6 is 0 Å². The van der Waals surface area contributed by atoms with E-state index in [1.54, 1.807) is 36.4 Å². The average Bonchev–Trinajstić information content (AvgIpc) is 3.15. The molecule has 0 aliphatic carbocycles. The van der Waals surface area contributed by atoms with E-state index < -0.39 is 24.3 Å². The first-order valence-electron chi connectivity index (χ1n) is 10.2. The Balaban J connectivity index is 1.54. The van der Waals surface area contributed by atoms with Gasteiger partial charge in [-0.25, -0.2) is 13.5 Å². The SMILES string of the molecule is COc1cc(F)c(F)cc1-c1ccc(OCc2cccc3c(=O)n(CC(O)CO)[nH]c23)cc1. The summed E-state index contributed by atoms with van der Waals surface area (Å²) in [6.07, 6.45) is -1.05. The molecule has 172 valence electrons. The molecule has 0 spiro atoms. The predicted molar refractivity (Wildman–Crippen MR) is 118 cm³/mol. The summed E-state index contributed by atoms with van der Waals surface area (Å²) in [5, 5.41) is 22.1. The Kier molecular flexibility index (Phi) is 6.43. The van der Waals surface area contributed by atoms with Crippen LogP contribution in [0.5, 0.6) is 11.5 Å². The number of hydrogen-bond donors (Lipinski definition) is 3. The number of aromatic nitrogens is 2. The summed E-state index contributed by atoms with van der Waals surface area (Å²) in [6, 6.07) is 14.1. The summed E-state index contributed by atoms with van der Waals surface area (Å²) in [5.41, 5.74) is 2.05. The highest BCUT2D eigenvalue weighted by molar-refractivity contribution is 5.81. The fourth-order valence-corrected chi connectivity index (χ4v) is 3.57. The molecule has 0 amide bonds. The molecule has 33 heavy (non-hydrogen) atoms. The first-order chi connectivity index (χ1) is 15.9. The Hall–Kier alpha value is -3.69. The van der Waals surface area contributed by atoms with E-state index in [4.69, 9.17) is 14.6 Å². The number of nitrogens with one attached hydrogen (secondary N) is 1. The third-order valence-electron chi connectivity index (χ3n) is 5.28. The lowest BCUT2D eigenvalue weighted by atomic mass is 10.0. The molecule has 4 rings (SSSR count). The van der Waals surface area contributed by atoms with Crippen molar-refractivity contribution in [2.75, 3.05) is 13.7 Å². The van der Waals surface area contributed by atoms with Gasteiger partial charge in [0.2, 0.25) is 0 Å². The van der Waals surface area contributed by atoms with Crippen molar-refractivity contribution in [1.82, 2.24) is 9.78 Å². The Morgan fingerprint density at radius 3 is 2.52 bits per heavy atom. The van der Waals surface area contributed by atoms with E-state index in [9.17, 15) is 18.7 Å². The van der Waals surface area contributed by atoms with Crippen LogP contribution in [0.1, 0.15) is 5.56 Å². The van der Waals surface area contributed by atoms with Crippen molar-refractivity contribution < 1.29 is 28.5 Å². The number of benzene rings is 3. The monoisotopic (exact) mass is 456 g/mol. The molecule has 1 atom stereocenters. The Morgan fingerprint density at radius 1 is 1.09 bits per heavy atom. The van der Waals surface area contributed by atoms with E-state index in [1.165, 1.54) is 11.8 Å². The van der Waals surface area contributed by atoms with Gasteiger partial charge in [-0.05, 0) is 29.8 Å². The van der Waals surface area contributed by atoms with Gasteiger partial charge in [0.1, 0.15) is 18.1 Å². The summed E-state index contributed by atoms with van der Waals surface area (Å²) < 4.78 is 39.5. The van der Waals surface area contributed by atoms with Crippen LogP contribution < -0.4 is 15.0 Å². The van der Waals surface area contributed by atoms with Crippen LogP contribution in [-0.4, -0.2) is 39.8 Å². The lowest BCUT2D eigenvalue weighted by Gasteiger charge is -2.11. The fourth-order valence-electron chi connectivity index (χ4n) is 3.57. The number of aliphatic hydroxyl groups is 2. The van der Waals surface area contributed by atoms with E-state index in [1.807, 2.05) is 6.07 Å². The Labute approximate surface area is 187 Å². The van der Waals surface area contributed by atoms with Crippen LogP contribution in [0.2, 0.25) is 0 Å². The molecule has 0 aliphatic rings. The van der Waals surface area contributed by atoms with Gasteiger partial charge in [-0.1, -0.05) is 24.3 Å². The number of halogens is 2. The molecule has 0 radical (unpaired) electrons. The minimum atomic E-state index is -1.05. The van der Waals surface area contributed by atoms with Crippen LogP contribution in [0, 0.1) is 11.6 Å². The van der Waals surface area contributed by atoms with Gasteiger partial charge >= 0.3 is 0 Å². The number of para-hydroxylation sites is 1. The molecule has 0 fully saturated rings. The number of H-pyrrole nitrogens is 1. The molecular formula is C24H22F2N2O5. The van der Waals surface area contributed by atoms with Crippen molar-refractivity contribution in [3.05, 3.63) is 82.1 Å². The van der Waals surface area contributed by atoms with Crippen LogP contribution in [0.4, 0.5) is 8.78 Å². The van der Waals surface area contributed by atoms with Gasteiger partial charge in [-0.3, -0.25) is 9.89 Å². The summed E-state index contributed by atoms with van der Waals surface area (Å²) in [5.74, 6) is -1.20. The molecule has 1 heterocycles. The Morgan fingerprint density at radius 2 is 1.82 bits per heavy atom. The van der Waals surface area contributed by atoms with Gasteiger partial charge in [0.15, 0.2) is 11.6 Å². The second-order valence-electron chi connectivity index (χ2n) is 7.48. The van der Waals surface area contributed by atoms with Gasteiger partial charge < -0.3 is 19.7 Å². The summed E-state index contributed by atoms with van der Waals surface area (Å²) >= 11 is 0. The summed E-state index contributed by atoms with van der Waals surface area (Å²) in [6.45, 7) is -0.350. The van der Waals surface area contributed by atoms with Crippen LogP contribution in [0.25, 0.3) is 22.0 Å². The summed E-state index contributed by atoms with van der Waals surface area (Å²) in [7, 11) is 1.39. The number of rotatable bonds is 8. The molecule has 3 N–H and O–H groups in total. The molecule has 4 aromatic rings. The third kappa shape index (κ3) is 4.59.